The van der Waals surface area contributed by atoms with Gasteiger partial charge in [0.15, 0.2) is 0 Å². The summed E-state index contributed by atoms with van der Waals surface area (Å²) in [7, 11) is 0. The normalized spacial score (nSPS) is 11.4. The van der Waals surface area contributed by atoms with Crippen molar-refractivity contribution in [3.05, 3.63) is 89.1 Å². The zero-order chi connectivity index (χ0) is 23.6. The van der Waals surface area contributed by atoms with E-state index in [9.17, 15) is 9.59 Å². The van der Waals surface area contributed by atoms with Crippen LogP contribution in [0.2, 0.25) is 0 Å². The molecule has 0 bridgehead atoms. The topological polar surface area (TPSA) is 86.9 Å². The van der Waals surface area contributed by atoms with Gasteiger partial charge in [-0.05, 0) is 59.9 Å². The molecule has 4 rings (SSSR count). The van der Waals surface area contributed by atoms with Crippen molar-refractivity contribution in [1.29, 1.82) is 0 Å². The van der Waals surface area contributed by atoms with Crippen LogP contribution in [0.4, 0.5) is 11.4 Å². The quantitative estimate of drug-likeness (QED) is 0.360. The molecule has 0 radical (unpaired) electrons. The molecule has 6 heteroatoms. The summed E-state index contributed by atoms with van der Waals surface area (Å²) in [5.41, 5.74) is 5.03. The first kappa shape index (κ1) is 22.3. The van der Waals surface area contributed by atoms with Crippen molar-refractivity contribution in [2.24, 2.45) is 0 Å². The lowest BCUT2D eigenvalue weighted by atomic mass is 9.86. The van der Waals surface area contributed by atoms with E-state index in [0.29, 0.717) is 22.5 Å². The van der Waals surface area contributed by atoms with E-state index in [-0.39, 0.29) is 17.2 Å². The van der Waals surface area contributed by atoms with E-state index in [0.717, 1.165) is 28.6 Å². The van der Waals surface area contributed by atoms with Gasteiger partial charge in [-0.1, -0.05) is 52.0 Å². The van der Waals surface area contributed by atoms with Gasteiger partial charge in [0.1, 0.15) is 0 Å². The highest BCUT2D eigenvalue weighted by Gasteiger charge is 2.17. The maximum atomic E-state index is 13.0. The number of benzene rings is 3. The summed E-state index contributed by atoms with van der Waals surface area (Å²) in [6, 6.07) is 20.1. The highest BCUT2D eigenvalue weighted by molar-refractivity contribution is 6.12. The van der Waals surface area contributed by atoms with Gasteiger partial charge in [-0.2, -0.15) is 5.10 Å². The first-order valence-electron chi connectivity index (χ1n) is 11.1. The number of anilines is 2. The largest absolute Gasteiger partial charge is 0.322 e. The minimum absolute atomic E-state index is 0.0106. The van der Waals surface area contributed by atoms with Crippen LogP contribution in [-0.4, -0.2) is 22.0 Å². The van der Waals surface area contributed by atoms with E-state index in [1.165, 1.54) is 0 Å². The fourth-order valence-corrected chi connectivity index (χ4v) is 3.72. The van der Waals surface area contributed by atoms with Crippen LogP contribution >= 0.6 is 0 Å². The van der Waals surface area contributed by atoms with Crippen molar-refractivity contribution in [1.82, 2.24) is 10.2 Å². The van der Waals surface area contributed by atoms with Crippen LogP contribution < -0.4 is 10.6 Å². The molecule has 1 heterocycles. The molecule has 0 aliphatic carbocycles. The van der Waals surface area contributed by atoms with E-state index in [4.69, 9.17) is 0 Å². The number of hydrogen-bond acceptors (Lipinski definition) is 3. The Balaban J connectivity index is 1.52. The summed E-state index contributed by atoms with van der Waals surface area (Å²) in [5, 5.41) is 14.2. The van der Waals surface area contributed by atoms with E-state index < -0.39 is 0 Å². The maximum Gasteiger partial charge on any atom is 0.257 e. The van der Waals surface area contributed by atoms with Crippen LogP contribution in [0, 0.1) is 0 Å². The second kappa shape index (κ2) is 8.90. The van der Waals surface area contributed by atoms with Crippen molar-refractivity contribution in [3.8, 4) is 0 Å². The molecule has 168 valence electrons. The Bertz CT molecular complexity index is 1310. The molecule has 4 aromatic rings. The van der Waals surface area contributed by atoms with Gasteiger partial charge in [-0.15, -0.1) is 0 Å². The predicted molar refractivity (Wildman–Crippen MR) is 133 cm³/mol. The zero-order valence-corrected chi connectivity index (χ0v) is 19.3. The number of aryl methyl sites for hydroxylation is 1. The number of para-hydroxylation sites is 1. The van der Waals surface area contributed by atoms with Crippen LogP contribution in [0.25, 0.3) is 10.9 Å². The molecule has 3 N–H and O–H groups in total. The van der Waals surface area contributed by atoms with Gasteiger partial charge in [-0.25, -0.2) is 0 Å². The highest BCUT2D eigenvalue weighted by atomic mass is 16.2. The van der Waals surface area contributed by atoms with Crippen LogP contribution in [0.5, 0.6) is 0 Å². The van der Waals surface area contributed by atoms with Crippen molar-refractivity contribution in [3.63, 3.8) is 0 Å². The minimum Gasteiger partial charge on any atom is -0.322 e. The van der Waals surface area contributed by atoms with Crippen LogP contribution in [0.15, 0.2) is 66.7 Å². The molecule has 33 heavy (non-hydrogen) atoms. The third-order valence-electron chi connectivity index (χ3n) is 5.68. The lowest BCUT2D eigenvalue weighted by Crippen LogP contribution is -2.18. The summed E-state index contributed by atoms with van der Waals surface area (Å²) < 4.78 is 0. The molecular formula is C27H28N4O2. The average Bonchev–Trinajstić information content (AvgIpc) is 3.21. The number of fused-ring (bicyclic) bond motifs is 1. The monoisotopic (exact) mass is 440 g/mol. The lowest BCUT2D eigenvalue weighted by Gasteiger charge is -2.19. The Kier molecular flexibility index (Phi) is 6.01. The van der Waals surface area contributed by atoms with Crippen molar-refractivity contribution >= 4 is 34.1 Å². The van der Waals surface area contributed by atoms with E-state index in [2.05, 4.69) is 48.5 Å². The number of nitrogens with zero attached hydrogens (tertiary/aromatic N) is 1. The molecule has 0 aliphatic heterocycles. The number of amides is 2. The lowest BCUT2D eigenvalue weighted by molar-refractivity contribution is 0.102. The number of carbonyl (C=O) groups excluding carboxylic acids is 2. The van der Waals surface area contributed by atoms with E-state index >= 15 is 0 Å². The van der Waals surface area contributed by atoms with Gasteiger partial charge in [0.25, 0.3) is 11.8 Å². The average molecular weight is 441 g/mol. The second-order valence-electron chi connectivity index (χ2n) is 9.07. The molecule has 1 aromatic heterocycles. The maximum absolute atomic E-state index is 13.0. The van der Waals surface area contributed by atoms with Gasteiger partial charge in [-0.3, -0.25) is 14.7 Å². The Labute approximate surface area is 193 Å². The molecule has 0 saturated heterocycles. The first-order chi connectivity index (χ1) is 15.8. The number of hydrogen-bond donors (Lipinski definition) is 3. The number of H-pyrrole nitrogens is 1. The number of rotatable bonds is 5. The molecule has 6 nitrogen and oxygen atoms in total. The van der Waals surface area contributed by atoms with Crippen molar-refractivity contribution < 1.29 is 9.59 Å². The van der Waals surface area contributed by atoms with E-state index in [1.54, 1.807) is 24.3 Å². The second-order valence-corrected chi connectivity index (χ2v) is 9.07. The number of nitrogens with one attached hydrogen (secondary N) is 3. The SMILES string of the molecule is CCc1[nH]nc2cc(NC(=O)c3ccccc3NC(=O)c3ccc(C(C)(C)C)cc3)ccc12. The summed E-state index contributed by atoms with van der Waals surface area (Å²) in [4.78, 5) is 25.8. The fraction of sp³-hybridized carbons (Fsp3) is 0.222. The molecule has 0 fully saturated rings. The number of carbonyl (C=O) groups is 2. The summed E-state index contributed by atoms with van der Waals surface area (Å²) in [6.07, 6.45) is 0.855. The van der Waals surface area contributed by atoms with E-state index in [1.807, 2.05) is 42.5 Å². The molecule has 0 spiro atoms. The van der Waals surface area contributed by atoms with Crippen LogP contribution in [0.3, 0.4) is 0 Å². The summed E-state index contributed by atoms with van der Waals surface area (Å²) in [6.45, 7) is 8.45. The number of aromatic amines is 1. The number of aromatic nitrogens is 2. The molecule has 3 aromatic carbocycles. The Morgan fingerprint density at radius 3 is 2.33 bits per heavy atom. The van der Waals surface area contributed by atoms with Gasteiger partial charge in [0.05, 0.1) is 16.8 Å². The Morgan fingerprint density at radius 2 is 1.64 bits per heavy atom. The van der Waals surface area contributed by atoms with Gasteiger partial charge >= 0.3 is 0 Å². The predicted octanol–water partition coefficient (Wildman–Crippen LogP) is 5.93. The fourth-order valence-electron chi connectivity index (χ4n) is 3.72. The molecule has 2 amide bonds. The first-order valence-corrected chi connectivity index (χ1v) is 11.1. The molecule has 0 saturated carbocycles. The van der Waals surface area contributed by atoms with Crippen LogP contribution in [-0.2, 0) is 11.8 Å². The standard InChI is InChI=1S/C27H28N4O2/c1-5-22-20-15-14-19(16-24(20)31-30-22)28-26(33)21-8-6-7-9-23(21)29-25(32)17-10-12-18(13-11-17)27(2,3)4/h6-16H,5H2,1-4H3,(H,28,33)(H,29,32)(H,30,31). The molecule has 0 unspecified atom stereocenters. The molecule has 0 atom stereocenters. The summed E-state index contributed by atoms with van der Waals surface area (Å²) >= 11 is 0. The highest BCUT2D eigenvalue weighted by Crippen LogP contribution is 2.24. The zero-order valence-electron chi connectivity index (χ0n) is 19.3. The van der Waals surface area contributed by atoms with Crippen molar-refractivity contribution in [2.75, 3.05) is 10.6 Å². The Hall–Kier alpha value is -3.93. The Morgan fingerprint density at radius 1 is 0.909 bits per heavy atom. The van der Waals surface area contributed by atoms with Gasteiger partial charge < -0.3 is 10.6 Å². The van der Waals surface area contributed by atoms with Gasteiger partial charge in [0, 0.05) is 22.3 Å². The van der Waals surface area contributed by atoms with Crippen LogP contribution in [0.1, 0.15) is 59.7 Å². The third-order valence-corrected chi connectivity index (χ3v) is 5.68. The minimum atomic E-state index is -0.306. The molecular weight excluding hydrogens is 412 g/mol. The third kappa shape index (κ3) is 4.80. The summed E-state index contributed by atoms with van der Waals surface area (Å²) in [5.74, 6) is -0.569. The molecule has 0 aliphatic rings. The smallest absolute Gasteiger partial charge is 0.257 e. The van der Waals surface area contributed by atoms with Crippen molar-refractivity contribution in [2.45, 2.75) is 39.5 Å². The van der Waals surface area contributed by atoms with Gasteiger partial charge in [0.2, 0.25) is 0 Å².